The predicted octanol–water partition coefficient (Wildman–Crippen LogP) is -3.37. The van der Waals surface area contributed by atoms with Gasteiger partial charge in [-0.2, -0.15) is 59.8 Å². The molecule has 0 saturated carbocycles. The Kier molecular flexibility index (Phi) is 17.1. The molecule has 4 aromatic heterocycles. The van der Waals surface area contributed by atoms with Gasteiger partial charge in [0.25, 0.3) is 0 Å². The first-order valence-electron chi connectivity index (χ1n) is 32.9. The molecule has 13 atom stereocenters. The lowest BCUT2D eigenvalue weighted by atomic mass is 10.3. The Morgan fingerprint density at radius 3 is 0.527 bits per heavy atom. The normalized spacial score (nSPS) is 29.4. The Labute approximate surface area is 534 Å². The van der Waals surface area contributed by atoms with Gasteiger partial charge in [-0.3, -0.25) is 14.7 Å². The first kappa shape index (κ1) is 60.3. The zero-order valence-corrected chi connectivity index (χ0v) is 51.7. The number of epoxide rings is 13. The van der Waals surface area contributed by atoms with Crippen molar-refractivity contribution in [1.29, 1.82) is 0 Å². The van der Waals surface area contributed by atoms with Gasteiger partial charge >= 0.3 is 0 Å². The zero-order valence-electron chi connectivity index (χ0n) is 51.7. The van der Waals surface area contributed by atoms with Crippen molar-refractivity contribution < 1.29 is 71.8 Å². The standard InChI is InChI=1S/C57H79N21O15/c79-5-1-3-70(7-33-20-81-33)46-58-48(72(9-35-22-83-35)10-36-23-84-36)63-52(61-46)76(17-43-30-91-43)55-67-56(77(18-44-31-92-44)53-62-47(71(4-2-6-80)8-34-21-82-34)59-49(64-53)73(11-37-24-85-37)12-38-25-86-38)69-57(68-55)78(19-45-32-93-45)54-65-50(74(13-39-26-87-39)14-40-27-88-40)60-51(66-54)75(15-41-28-89-41)16-42-29-90-42/h33-45,79-80H,1-32H2. The summed E-state index contributed by atoms with van der Waals surface area (Å²) in [5.41, 5.74) is 0. The molecule has 17 heterocycles. The molecule has 0 bridgehead atoms. The average Bonchev–Trinajstić information content (AvgIpc) is 1.05. The Morgan fingerprint density at radius 2 is 0.355 bits per heavy atom. The van der Waals surface area contributed by atoms with Gasteiger partial charge in [0.05, 0.1) is 185 Å². The van der Waals surface area contributed by atoms with Crippen molar-refractivity contribution in [2.24, 2.45) is 0 Å². The summed E-state index contributed by atoms with van der Waals surface area (Å²) in [4.78, 5) is 82.4. The van der Waals surface area contributed by atoms with Crippen LogP contribution in [0.2, 0.25) is 0 Å². The van der Waals surface area contributed by atoms with E-state index in [0.717, 1.165) is 0 Å². The van der Waals surface area contributed by atoms with Crippen LogP contribution in [0.25, 0.3) is 0 Å². The third-order valence-electron chi connectivity index (χ3n) is 17.3. The number of ether oxygens (including phenoxy) is 13. The fourth-order valence-electron chi connectivity index (χ4n) is 11.0. The highest BCUT2D eigenvalue weighted by Crippen LogP contribution is 2.37. The molecular weight excluding hydrogens is 1220 g/mol. The monoisotopic (exact) mass is 1300 g/mol. The van der Waals surface area contributed by atoms with Gasteiger partial charge in [-0.15, -0.1) is 0 Å². The van der Waals surface area contributed by atoms with E-state index in [1.807, 2.05) is 24.5 Å². The van der Waals surface area contributed by atoms with E-state index in [2.05, 4.69) is 19.6 Å². The van der Waals surface area contributed by atoms with Crippen LogP contribution in [0.4, 0.5) is 71.4 Å². The Balaban J connectivity index is 0.854. The molecule has 13 unspecified atom stereocenters. The maximum absolute atomic E-state index is 10.3. The molecule has 0 aromatic carbocycles. The highest BCUT2D eigenvalue weighted by atomic mass is 16.6. The molecule has 0 aliphatic carbocycles. The van der Waals surface area contributed by atoms with Crippen LogP contribution in [0.5, 0.6) is 0 Å². The lowest BCUT2D eigenvalue weighted by Crippen LogP contribution is -2.38. The van der Waals surface area contributed by atoms with Gasteiger partial charge in [0, 0.05) is 91.8 Å². The number of anilines is 12. The first-order valence-corrected chi connectivity index (χ1v) is 32.9. The molecule has 13 fully saturated rings. The van der Waals surface area contributed by atoms with Gasteiger partial charge in [-0.05, 0) is 12.8 Å². The van der Waals surface area contributed by atoms with E-state index >= 15 is 0 Å². The maximum atomic E-state index is 10.3. The number of aliphatic hydroxyl groups excluding tert-OH is 2. The summed E-state index contributed by atoms with van der Waals surface area (Å²) >= 11 is 0. The van der Waals surface area contributed by atoms with E-state index in [1.165, 1.54) is 0 Å². The van der Waals surface area contributed by atoms with E-state index in [9.17, 15) is 10.2 Å². The van der Waals surface area contributed by atoms with E-state index in [0.29, 0.717) is 213 Å². The van der Waals surface area contributed by atoms with E-state index in [1.54, 1.807) is 0 Å². The summed E-state index contributed by atoms with van der Waals surface area (Å²) in [7, 11) is 0. The minimum atomic E-state index is -0.279. The molecule has 2 N–H and O–H groups in total. The van der Waals surface area contributed by atoms with Crippen LogP contribution in [0.1, 0.15) is 12.8 Å². The number of nitrogens with zero attached hydrogens (tertiary/aromatic N) is 21. The van der Waals surface area contributed by atoms with Crippen molar-refractivity contribution in [3.05, 3.63) is 0 Å². The summed E-state index contributed by atoms with van der Waals surface area (Å²) in [6.07, 6.45) is -0.146. The van der Waals surface area contributed by atoms with Gasteiger partial charge in [0.1, 0.15) is 0 Å². The molecule has 0 amide bonds. The molecule has 17 rings (SSSR count). The highest BCUT2D eigenvalue weighted by molar-refractivity contribution is 5.64. The number of rotatable bonds is 44. The second kappa shape index (κ2) is 26.3. The van der Waals surface area contributed by atoms with Crippen molar-refractivity contribution in [2.75, 3.05) is 241 Å². The minimum Gasteiger partial charge on any atom is -0.396 e. The van der Waals surface area contributed by atoms with Crippen molar-refractivity contribution >= 4 is 71.4 Å². The van der Waals surface area contributed by atoms with Gasteiger partial charge < -0.3 is 101 Å². The number of aromatic nitrogens is 12. The average molecular weight is 1300 g/mol. The summed E-state index contributed by atoms with van der Waals surface area (Å²) in [6.45, 7) is 14.0. The maximum Gasteiger partial charge on any atom is 0.239 e. The van der Waals surface area contributed by atoms with Crippen LogP contribution >= 0.6 is 0 Å². The molecule has 13 aliphatic rings. The fraction of sp³-hybridized carbons (Fsp3) is 0.789. The largest absolute Gasteiger partial charge is 0.396 e. The van der Waals surface area contributed by atoms with E-state index < -0.39 is 0 Å². The Bertz CT molecular complexity index is 2990. The summed E-state index contributed by atoms with van der Waals surface area (Å²) in [5.74, 6) is 3.52. The molecule has 4 aromatic rings. The van der Waals surface area contributed by atoms with Crippen LogP contribution < -0.4 is 44.1 Å². The van der Waals surface area contributed by atoms with Crippen molar-refractivity contribution in [1.82, 2.24) is 59.8 Å². The van der Waals surface area contributed by atoms with Crippen LogP contribution in [0, 0.1) is 0 Å². The highest BCUT2D eigenvalue weighted by Gasteiger charge is 2.43. The van der Waals surface area contributed by atoms with Crippen LogP contribution in [0.15, 0.2) is 0 Å². The molecular formula is C57H79N21O15. The van der Waals surface area contributed by atoms with Crippen LogP contribution in [-0.4, -0.2) is 347 Å². The molecule has 36 heteroatoms. The van der Waals surface area contributed by atoms with Gasteiger partial charge in [0.15, 0.2) is 0 Å². The lowest BCUT2D eigenvalue weighted by molar-refractivity contribution is 0.288. The van der Waals surface area contributed by atoms with Gasteiger partial charge in [-0.25, -0.2) is 0 Å². The third kappa shape index (κ3) is 16.8. The first-order chi connectivity index (χ1) is 45.8. The van der Waals surface area contributed by atoms with Gasteiger partial charge in [-0.1, -0.05) is 0 Å². The molecule has 502 valence electrons. The molecule has 13 saturated heterocycles. The number of aliphatic hydroxyl groups is 2. The third-order valence-corrected chi connectivity index (χ3v) is 17.3. The van der Waals surface area contributed by atoms with E-state index in [4.69, 9.17) is 121 Å². The second-order valence-corrected chi connectivity index (χ2v) is 25.9. The SMILES string of the molecule is OCCCN(CC1CO1)c1nc(N(CC2CO2)CC2CO2)nc(N(CC2CO2)c2nc(N(CC3CO3)c3nc(N(CCCO)CC4CO4)nc(N(CC4CO4)CC4CO4)n3)nc(N(CC3CO3)c3nc(N(CC4CO4)CC4CO4)nc(N(CC4CO4)CC4CO4)n3)n2)n1. The summed E-state index contributed by atoms with van der Waals surface area (Å²) in [6, 6.07) is 0. The quantitative estimate of drug-likeness (QED) is 0.0408. The molecule has 13 aliphatic heterocycles. The lowest BCUT2D eigenvalue weighted by Gasteiger charge is -2.30. The van der Waals surface area contributed by atoms with Crippen molar-refractivity contribution in [2.45, 2.75) is 92.2 Å². The topological polar surface area (TPSA) is 387 Å². The minimum absolute atomic E-state index is 0.0106. The second-order valence-electron chi connectivity index (χ2n) is 25.9. The number of hydrogen-bond donors (Lipinski definition) is 2. The van der Waals surface area contributed by atoms with Crippen molar-refractivity contribution in [3.8, 4) is 0 Å². The smallest absolute Gasteiger partial charge is 0.239 e. The molecule has 36 nitrogen and oxygen atoms in total. The summed E-state index contributed by atoms with van der Waals surface area (Å²) < 4.78 is 76.6. The Morgan fingerprint density at radius 1 is 0.215 bits per heavy atom. The molecule has 93 heavy (non-hydrogen) atoms. The number of hydrogen-bond acceptors (Lipinski definition) is 36. The fourth-order valence-corrected chi connectivity index (χ4v) is 11.0. The van der Waals surface area contributed by atoms with Gasteiger partial charge in [0.2, 0.25) is 71.4 Å². The zero-order chi connectivity index (χ0) is 61.9. The van der Waals surface area contributed by atoms with Crippen LogP contribution in [0.3, 0.4) is 0 Å². The molecule has 0 radical (unpaired) electrons. The summed E-state index contributed by atoms with van der Waals surface area (Å²) in [5, 5.41) is 20.5. The molecule has 0 spiro atoms. The van der Waals surface area contributed by atoms with Crippen LogP contribution in [-0.2, 0) is 61.6 Å². The Hall–Kier alpha value is -6.36. The van der Waals surface area contributed by atoms with E-state index in [-0.39, 0.29) is 148 Å². The van der Waals surface area contributed by atoms with Crippen molar-refractivity contribution in [3.63, 3.8) is 0 Å². The predicted molar refractivity (Wildman–Crippen MR) is 324 cm³/mol.